The summed E-state index contributed by atoms with van der Waals surface area (Å²) in [6.45, 7) is 7.07. The van der Waals surface area contributed by atoms with Gasteiger partial charge in [0.05, 0.1) is 6.61 Å². The van der Waals surface area contributed by atoms with Crippen molar-refractivity contribution in [2.75, 3.05) is 24.6 Å². The molecule has 0 aliphatic carbocycles. The Balaban J connectivity index is 2.09. The number of ether oxygens (including phenoxy) is 1. The first-order valence-electron chi connectivity index (χ1n) is 5.99. The summed E-state index contributed by atoms with van der Waals surface area (Å²) < 4.78 is 5.39. The zero-order valence-corrected chi connectivity index (χ0v) is 10.0. The number of piperidine rings is 1. The molecule has 1 atom stereocenters. The number of hydrogen-bond donors (Lipinski definition) is 0. The molecule has 1 saturated heterocycles. The van der Waals surface area contributed by atoms with E-state index < -0.39 is 0 Å². The minimum absolute atomic E-state index is 0.646. The average molecular weight is 221 g/mol. The van der Waals surface area contributed by atoms with E-state index in [-0.39, 0.29) is 0 Å². The Morgan fingerprint density at radius 1 is 1.50 bits per heavy atom. The first-order chi connectivity index (χ1) is 7.79. The van der Waals surface area contributed by atoms with Gasteiger partial charge in [0.25, 0.3) is 0 Å². The number of nitrogens with zero attached hydrogens (tertiary/aromatic N) is 3. The molecule has 1 aliphatic rings. The van der Waals surface area contributed by atoms with Gasteiger partial charge in [-0.25, -0.2) is 9.97 Å². The minimum Gasteiger partial charge on any atom is -0.478 e. The Morgan fingerprint density at radius 2 is 2.38 bits per heavy atom. The molecule has 0 radical (unpaired) electrons. The van der Waals surface area contributed by atoms with E-state index in [9.17, 15) is 0 Å². The van der Waals surface area contributed by atoms with Gasteiger partial charge in [0.1, 0.15) is 12.1 Å². The fourth-order valence-corrected chi connectivity index (χ4v) is 2.13. The fourth-order valence-electron chi connectivity index (χ4n) is 2.13. The number of hydrogen-bond acceptors (Lipinski definition) is 4. The van der Waals surface area contributed by atoms with Gasteiger partial charge in [-0.2, -0.15) is 0 Å². The first-order valence-corrected chi connectivity index (χ1v) is 5.99. The molecule has 0 saturated carbocycles. The molecular formula is C12H19N3O. The number of anilines is 1. The predicted octanol–water partition coefficient (Wildman–Crippen LogP) is 2.11. The molecule has 0 aromatic carbocycles. The molecule has 0 N–H and O–H groups in total. The molecule has 0 amide bonds. The Morgan fingerprint density at radius 3 is 3.12 bits per heavy atom. The van der Waals surface area contributed by atoms with Gasteiger partial charge in [0.15, 0.2) is 0 Å². The molecule has 2 rings (SSSR count). The molecule has 0 spiro atoms. The molecule has 2 heterocycles. The summed E-state index contributed by atoms with van der Waals surface area (Å²) in [4.78, 5) is 10.7. The summed E-state index contributed by atoms with van der Waals surface area (Å²) in [5.41, 5.74) is 0. The van der Waals surface area contributed by atoms with Crippen LogP contribution < -0.4 is 9.64 Å². The van der Waals surface area contributed by atoms with Gasteiger partial charge in [-0.3, -0.25) is 0 Å². The lowest BCUT2D eigenvalue weighted by molar-refractivity contribution is 0.326. The van der Waals surface area contributed by atoms with E-state index in [1.165, 1.54) is 12.8 Å². The molecule has 1 unspecified atom stereocenters. The van der Waals surface area contributed by atoms with Gasteiger partial charge in [-0.05, 0) is 25.7 Å². The summed E-state index contributed by atoms with van der Waals surface area (Å²) in [5, 5.41) is 0. The maximum absolute atomic E-state index is 5.39. The zero-order valence-electron chi connectivity index (χ0n) is 10.0. The SMILES string of the molecule is CCOc1cc(N2CCCC(C)C2)ncn1. The largest absolute Gasteiger partial charge is 0.478 e. The van der Waals surface area contributed by atoms with E-state index in [2.05, 4.69) is 21.8 Å². The first kappa shape index (κ1) is 11.2. The molecule has 0 bridgehead atoms. The molecule has 88 valence electrons. The summed E-state index contributed by atoms with van der Waals surface area (Å²) in [6, 6.07) is 1.93. The van der Waals surface area contributed by atoms with E-state index in [1.807, 2.05) is 13.0 Å². The van der Waals surface area contributed by atoms with E-state index in [0.29, 0.717) is 12.5 Å². The van der Waals surface area contributed by atoms with Crippen molar-refractivity contribution in [1.82, 2.24) is 9.97 Å². The highest BCUT2D eigenvalue weighted by Crippen LogP contribution is 2.22. The van der Waals surface area contributed by atoms with Crippen molar-refractivity contribution >= 4 is 5.82 Å². The number of rotatable bonds is 3. The van der Waals surface area contributed by atoms with Gasteiger partial charge in [0.2, 0.25) is 5.88 Å². The highest BCUT2D eigenvalue weighted by molar-refractivity contribution is 5.41. The Labute approximate surface area is 96.7 Å². The second kappa shape index (κ2) is 5.14. The monoisotopic (exact) mass is 221 g/mol. The van der Waals surface area contributed by atoms with E-state index >= 15 is 0 Å². The molecule has 16 heavy (non-hydrogen) atoms. The van der Waals surface area contributed by atoms with Crippen LogP contribution in [-0.4, -0.2) is 29.7 Å². The van der Waals surface area contributed by atoms with Crippen molar-refractivity contribution in [3.63, 3.8) is 0 Å². The van der Waals surface area contributed by atoms with Crippen LogP contribution in [0.3, 0.4) is 0 Å². The molecule has 4 heteroatoms. The lowest BCUT2D eigenvalue weighted by Gasteiger charge is -2.31. The molecule has 1 fully saturated rings. The maximum atomic E-state index is 5.39. The van der Waals surface area contributed by atoms with E-state index in [0.717, 1.165) is 24.8 Å². The maximum Gasteiger partial charge on any atom is 0.218 e. The zero-order chi connectivity index (χ0) is 11.4. The third-order valence-corrected chi connectivity index (χ3v) is 2.90. The molecular weight excluding hydrogens is 202 g/mol. The lowest BCUT2D eigenvalue weighted by Crippen LogP contribution is -2.34. The summed E-state index contributed by atoms with van der Waals surface area (Å²) in [5.74, 6) is 2.41. The topological polar surface area (TPSA) is 38.2 Å². The van der Waals surface area contributed by atoms with Crippen molar-refractivity contribution in [1.29, 1.82) is 0 Å². The van der Waals surface area contributed by atoms with Crippen LogP contribution in [0.15, 0.2) is 12.4 Å². The van der Waals surface area contributed by atoms with Crippen molar-refractivity contribution in [2.45, 2.75) is 26.7 Å². The van der Waals surface area contributed by atoms with Gasteiger partial charge in [-0.1, -0.05) is 6.92 Å². The second-order valence-electron chi connectivity index (χ2n) is 4.34. The third kappa shape index (κ3) is 2.62. The standard InChI is InChI=1S/C12H19N3O/c1-3-16-12-7-11(13-9-14-12)15-6-4-5-10(2)8-15/h7,9-10H,3-6,8H2,1-2H3. The third-order valence-electron chi connectivity index (χ3n) is 2.90. The van der Waals surface area contributed by atoms with Crippen LogP contribution in [0.25, 0.3) is 0 Å². The quantitative estimate of drug-likeness (QED) is 0.783. The molecule has 1 aliphatic heterocycles. The van der Waals surface area contributed by atoms with Crippen molar-refractivity contribution < 1.29 is 4.74 Å². The van der Waals surface area contributed by atoms with Crippen molar-refractivity contribution in [2.24, 2.45) is 5.92 Å². The Bertz CT molecular complexity index is 343. The average Bonchev–Trinajstić information content (AvgIpc) is 2.30. The summed E-state index contributed by atoms with van der Waals surface area (Å²) >= 11 is 0. The van der Waals surface area contributed by atoms with Gasteiger partial charge < -0.3 is 9.64 Å². The van der Waals surface area contributed by atoms with E-state index in [1.54, 1.807) is 6.33 Å². The molecule has 1 aromatic heterocycles. The lowest BCUT2D eigenvalue weighted by atomic mass is 10.0. The van der Waals surface area contributed by atoms with Crippen LogP contribution in [0, 0.1) is 5.92 Å². The number of aromatic nitrogens is 2. The van der Waals surface area contributed by atoms with Gasteiger partial charge >= 0.3 is 0 Å². The van der Waals surface area contributed by atoms with Crippen molar-refractivity contribution in [3.8, 4) is 5.88 Å². The van der Waals surface area contributed by atoms with Crippen LogP contribution in [0.2, 0.25) is 0 Å². The summed E-state index contributed by atoms with van der Waals surface area (Å²) in [7, 11) is 0. The van der Waals surface area contributed by atoms with Crippen LogP contribution in [0.4, 0.5) is 5.82 Å². The van der Waals surface area contributed by atoms with Crippen molar-refractivity contribution in [3.05, 3.63) is 12.4 Å². The Hall–Kier alpha value is -1.32. The molecule has 1 aromatic rings. The van der Waals surface area contributed by atoms with E-state index in [4.69, 9.17) is 4.74 Å². The predicted molar refractivity (Wildman–Crippen MR) is 63.8 cm³/mol. The summed E-state index contributed by atoms with van der Waals surface area (Å²) in [6.07, 6.45) is 4.15. The highest BCUT2D eigenvalue weighted by Gasteiger charge is 2.17. The van der Waals surface area contributed by atoms with Crippen LogP contribution in [0.1, 0.15) is 26.7 Å². The second-order valence-corrected chi connectivity index (χ2v) is 4.34. The smallest absolute Gasteiger partial charge is 0.218 e. The van der Waals surface area contributed by atoms with Crippen LogP contribution in [0.5, 0.6) is 5.88 Å². The normalized spacial score (nSPS) is 20.9. The van der Waals surface area contributed by atoms with Crippen LogP contribution >= 0.6 is 0 Å². The van der Waals surface area contributed by atoms with Gasteiger partial charge in [-0.15, -0.1) is 0 Å². The van der Waals surface area contributed by atoms with Gasteiger partial charge in [0, 0.05) is 19.2 Å². The Kier molecular flexibility index (Phi) is 3.59. The fraction of sp³-hybridized carbons (Fsp3) is 0.667. The van der Waals surface area contributed by atoms with Crippen LogP contribution in [-0.2, 0) is 0 Å². The highest BCUT2D eigenvalue weighted by atomic mass is 16.5. The molecule has 4 nitrogen and oxygen atoms in total. The minimum atomic E-state index is 0.646.